The van der Waals surface area contributed by atoms with Crippen LogP contribution in [0.25, 0.3) is 11.5 Å². The number of aromatic nitrogens is 2. The van der Waals surface area contributed by atoms with E-state index in [0.717, 1.165) is 5.69 Å². The Labute approximate surface area is 172 Å². The number of hydrogen-bond acceptors (Lipinski definition) is 7. The first-order valence-electron chi connectivity index (χ1n) is 9.75. The van der Waals surface area contributed by atoms with Gasteiger partial charge in [-0.1, -0.05) is 18.2 Å². The van der Waals surface area contributed by atoms with E-state index in [-0.39, 0.29) is 30.3 Å². The summed E-state index contributed by atoms with van der Waals surface area (Å²) in [5, 5.41) is 9.04. The number of hydrogen-bond donors (Lipinski definition) is 3. The topological polar surface area (TPSA) is 111 Å². The van der Waals surface area contributed by atoms with Crippen LogP contribution in [0.5, 0.6) is 0 Å². The number of ether oxygens (including phenoxy) is 2. The van der Waals surface area contributed by atoms with Gasteiger partial charge >= 0.3 is 6.03 Å². The zero-order valence-electron chi connectivity index (χ0n) is 16.0. The molecule has 4 heterocycles. The summed E-state index contributed by atoms with van der Waals surface area (Å²) in [6, 6.07) is 14.1. The minimum atomic E-state index is -0.287. The number of nitrogens with zero attached hydrogens (tertiary/aromatic N) is 2. The van der Waals surface area contributed by atoms with Crippen LogP contribution in [-0.2, 0) is 9.47 Å². The number of anilines is 2. The highest BCUT2D eigenvalue weighted by Gasteiger charge is 2.48. The first kappa shape index (κ1) is 18.6. The molecule has 154 valence electrons. The molecule has 9 nitrogen and oxygen atoms in total. The molecule has 0 radical (unpaired) electrons. The van der Waals surface area contributed by atoms with E-state index in [9.17, 15) is 4.79 Å². The first-order valence-corrected chi connectivity index (χ1v) is 9.75. The van der Waals surface area contributed by atoms with E-state index in [1.807, 2.05) is 42.5 Å². The van der Waals surface area contributed by atoms with Crippen molar-refractivity contribution in [1.82, 2.24) is 15.3 Å². The highest BCUT2D eigenvalue weighted by molar-refractivity contribution is 5.89. The van der Waals surface area contributed by atoms with Crippen LogP contribution in [0.4, 0.5) is 16.4 Å². The van der Waals surface area contributed by atoms with E-state index < -0.39 is 0 Å². The molecule has 30 heavy (non-hydrogen) atoms. The van der Waals surface area contributed by atoms with Gasteiger partial charge < -0.3 is 29.8 Å². The summed E-state index contributed by atoms with van der Waals surface area (Å²) in [5.41, 5.74) is 1.42. The van der Waals surface area contributed by atoms with E-state index in [1.54, 1.807) is 18.5 Å². The van der Waals surface area contributed by atoms with E-state index in [2.05, 4.69) is 25.9 Å². The van der Waals surface area contributed by atoms with Crippen molar-refractivity contribution in [2.45, 2.75) is 24.3 Å². The molecule has 0 aliphatic carbocycles. The highest BCUT2D eigenvalue weighted by atomic mass is 16.6. The summed E-state index contributed by atoms with van der Waals surface area (Å²) in [7, 11) is 0. The third-order valence-electron chi connectivity index (χ3n) is 5.15. The summed E-state index contributed by atoms with van der Waals surface area (Å²) >= 11 is 0. The second-order valence-corrected chi connectivity index (χ2v) is 7.16. The maximum atomic E-state index is 12.3. The predicted octanol–water partition coefficient (Wildman–Crippen LogP) is 2.51. The van der Waals surface area contributed by atoms with Crippen LogP contribution in [-0.4, -0.2) is 53.5 Å². The number of urea groups is 1. The van der Waals surface area contributed by atoms with Crippen molar-refractivity contribution in [1.29, 1.82) is 0 Å². The number of carbonyl (C=O) groups is 1. The summed E-state index contributed by atoms with van der Waals surface area (Å²) < 4.78 is 17.2. The number of rotatable bonds is 5. The zero-order chi connectivity index (χ0) is 20.3. The Morgan fingerprint density at radius 1 is 0.967 bits per heavy atom. The van der Waals surface area contributed by atoms with Crippen LogP contribution < -0.4 is 16.0 Å². The molecule has 3 aromatic rings. The Kier molecular flexibility index (Phi) is 5.04. The Balaban J connectivity index is 1.20. The molecule has 1 aromatic carbocycles. The third-order valence-corrected chi connectivity index (χ3v) is 5.15. The largest absolute Gasteiger partial charge is 0.463 e. The fourth-order valence-corrected chi connectivity index (χ4v) is 3.76. The van der Waals surface area contributed by atoms with Crippen molar-refractivity contribution in [3.05, 3.63) is 61.0 Å². The molecule has 0 bridgehead atoms. The quantitative estimate of drug-likeness (QED) is 0.596. The lowest BCUT2D eigenvalue weighted by atomic mass is 10.1. The van der Waals surface area contributed by atoms with Gasteiger partial charge in [0, 0.05) is 11.9 Å². The normalized spacial score (nSPS) is 24.9. The molecule has 2 amide bonds. The van der Waals surface area contributed by atoms with E-state index in [4.69, 9.17) is 13.9 Å². The molecule has 2 saturated heterocycles. The van der Waals surface area contributed by atoms with Crippen molar-refractivity contribution in [3.8, 4) is 11.5 Å². The highest BCUT2D eigenvalue weighted by Crippen LogP contribution is 2.29. The zero-order valence-corrected chi connectivity index (χ0v) is 16.0. The van der Waals surface area contributed by atoms with Gasteiger partial charge in [0.1, 0.15) is 17.9 Å². The number of amides is 2. The van der Waals surface area contributed by atoms with Crippen LogP contribution in [0.3, 0.4) is 0 Å². The molecule has 2 aromatic heterocycles. The smallest absolute Gasteiger partial charge is 0.319 e. The molecule has 4 unspecified atom stereocenters. The predicted molar refractivity (Wildman–Crippen MR) is 109 cm³/mol. The Morgan fingerprint density at radius 3 is 2.57 bits per heavy atom. The lowest BCUT2D eigenvalue weighted by Crippen LogP contribution is -2.46. The number of carbonyl (C=O) groups excluding carboxylic acids is 1. The standard InChI is InChI=1S/C21H21N5O4/c27-21(23-13-5-2-1-3-6-13)26-16-12-30-18-15(11-29-19(16)18)25-20-22-9-8-14(24-20)17-7-4-10-28-17/h1-10,15-16,18-19H,11-12H2,(H,22,24,25)(H2,23,26,27). The van der Waals surface area contributed by atoms with Crippen molar-refractivity contribution in [2.75, 3.05) is 23.8 Å². The van der Waals surface area contributed by atoms with Gasteiger partial charge in [0.2, 0.25) is 5.95 Å². The maximum Gasteiger partial charge on any atom is 0.319 e. The minimum absolute atomic E-state index is 0.120. The second-order valence-electron chi connectivity index (χ2n) is 7.16. The molecular weight excluding hydrogens is 386 g/mol. The number of fused-ring (bicyclic) bond motifs is 1. The van der Waals surface area contributed by atoms with Crippen molar-refractivity contribution < 1.29 is 18.7 Å². The van der Waals surface area contributed by atoms with E-state index >= 15 is 0 Å². The van der Waals surface area contributed by atoms with Crippen LogP contribution in [0.15, 0.2) is 65.4 Å². The lowest BCUT2D eigenvalue weighted by Gasteiger charge is -2.18. The number of nitrogens with one attached hydrogen (secondary N) is 3. The minimum Gasteiger partial charge on any atom is -0.463 e. The molecule has 9 heteroatoms. The van der Waals surface area contributed by atoms with Gasteiger partial charge in [-0.3, -0.25) is 0 Å². The van der Waals surface area contributed by atoms with Gasteiger partial charge in [-0.15, -0.1) is 0 Å². The van der Waals surface area contributed by atoms with Crippen LogP contribution in [0.2, 0.25) is 0 Å². The SMILES string of the molecule is O=C(Nc1ccccc1)NC1COC2C(Nc3nccc(-c4ccco4)n3)COC12. The summed E-state index contributed by atoms with van der Waals surface area (Å²) in [6.45, 7) is 0.811. The fraction of sp³-hybridized carbons (Fsp3) is 0.286. The van der Waals surface area contributed by atoms with E-state index in [1.165, 1.54) is 0 Å². The fourth-order valence-electron chi connectivity index (χ4n) is 3.76. The van der Waals surface area contributed by atoms with Gasteiger partial charge in [-0.25, -0.2) is 14.8 Å². The lowest BCUT2D eigenvalue weighted by molar-refractivity contribution is 0.0683. The van der Waals surface area contributed by atoms with Gasteiger partial charge in [-0.2, -0.15) is 0 Å². The van der Waals surface area contributed by atoms with Crippen LogP contribution >= 0.6 is 0 Å². The molecule has 2 aliphatic rings. The molecule has 3 N–H and O–H groups in total. The Bertz CT molecular complexity index is 998. The van der Waals surface area contributed by atoms with Gasteiger partial charge in [-0.05, 0) is 30.3 Å². The Hall–Kier alpha value is -3.43. The Morgan fingerprint density at radius 2 is 1.77 bits per heavy atom. The van der Waals surface area contributed by atoms with Crippen molar-refractivity contribution >= 4 is 17.7 Å². The van der Waals surface area contributed by atoms with Gasteiger partial charge in [0.25, 0.3) is 0 Å². The number of benzene rings is 1. The van der Waals surface area contributed by atoms with Crippen LogP contribution in [0.1, 0.15) is 0 Å². The second kappa shape index (κ2) is 8.13. The summed E-state index contributed by atoms with van der Waals surface area (Å²) in [4.78, 5) is 21.1. The summed E-state index contributed by atoms with van der Waals surface area (Å²) in [6.07, 6.45) is 2.84. The molecule has 0 saturated carbocycles. The average Bonchev–Trinajstić information content (AvgIpc) is 3.50. The van der Waals surface area contributed by atoms with E-state index in [0.29, 0.717) is 30.6 Å². The summed E-state index contributed by atoms with van der Waals surface area (Å²) in [5.74, 6) is 1.15. The van der Waals surface area contributed by atoms with Gasteiger partial charge in [0.15, 0.2) is 5.76 Å². The first-order chi connectivity index (χ1) is 14.8. The van der Waals surface area contributed by atoms with Crippen molar-refractivity contribution in [2.24, 2.45) is 0 Å². The number of para-hydroxylation sites is 1. The van der Waals surface area contributed by atoms with Gasteiger partial charge in [0.05, 0.1) is 31.6 Å². The molecular formula is C21H21N5O4. The number of furan rings is 1. The monoisotopic (exact) mass is 407 g/mol. The average molecular weight is 407 g/mol. The van der Waals surface area contributed by atoms with Crippen molar-refractivity contribution in [3.63, 3.8) is 0 Å². The molecule has 2 fully saturated rings. The molecule has 4 atom stereocenters. The molecule has 2 aliphatic heterocycles. The third kappa shape index (κ3) is 3.85. The molecule has 0 spiro atoms. The maximum absolute atomic E-state index is 12.3. The molecule has 5 rings (SSSR count). The van der Waals surface area contributed by atoms with Crippen LogP contribution in [0, 0.1) is 0 Å².